The van der Waals surface area contributed by atoms with E-state index in [0.717, 1.165) is 10.5 Å². The quantitative estimate of drug-likeness (QED) is 0.766. The van der Waals surface area contributed by atoms with Gasteiger partial charge in [-0.15, -0.1) is 6.58 Å². The number of carboxylic acid groups (broad SMARTS) is 1. The second-order valence-corrected chi connectivity index (χ2v) is 3.93. The van der Waals surface area contributed by atoms with Gasteiger partial charge >= 0.3 is 12.1 Å². The second-order valence-electron chi connectivity index (χ2n) is 3.93. The molecule has 0 aliphatic rings. The summed E-state index contributed by atoms with van der Waals surface area (Å²) in [4.78, 5) is 23.6. The third-order valence-electron chi connectivity index (χ3n) is 2.39. The maximum Gasteiger partial charge on any atom is 0.410 e. The van der Waals surface area contributed by atoms with E-state index >= 15 is 0 Å². The molecule has 0 atom stereocenters. The summed E-state index contributed by atoms with van der Waals surface area (Å²) in [7, 11) is 0. The van der Waals surface area contributed by atoms with Gasteiger partial charge in [0.15, 0.2) is 0 Å². The van der Waals surface area contributed by atoms with Crippen molar-refractivity contribution in [2.24, 2.45) is 0 Å². The van der Waals surface area contributed by atoms with E-state index < -0.39 is 12.1 Å². The van der Waals surface area contributed by atoms with E-state index in [1.807, 2.05) is 30.3 Å². The summed E-state index contributed by atoms with van der Waals surface area (Å²) in [5.74, 6) is -1.07. The molecule has 0 radical (unpaired) electrons. The number of hydrogen-bond donors (Lipinski definition) is 1. The van der Waals surface area contributed by atoms with Crippen molar-refractivity contribution in [2.45, 2.75) is 13.0 Å². The fourth-order valence-corrected chi connectivity index (χ4v) is 1.46. The van der Waals surface area contributed by atoms with Crippen LogP contribution in [0.25, 0.3) is 0 Å². The van der Waals surface area contributed by atoms with Crippen LogP contribution in [0.15, 0.2) is 43.0 Å². The van der Waals surface area contributed by atoms with Gasteiger partial charge in [-0.05, 0) is 12.0 Å². The fraction of sp³-hybridized carbons (Fsp3) is 0.286. The summed E-state index contributed by atoms with van der Waals surface area (Å²) in [6.07, 6.45) is 1.51. The Labute approximate surface area is 112 Å². The number of nitrogens with zero attached hydrogens (tertiary/aromatic N) is 1. The molecule has 0 spiro atoms. The van der Waals surface area contributed by atoms with Crippen molar-refractivity contribution in [3.63, 3.8) is 0 Å². The topological polar surface area (TPSA) is 66.8 Å². The van der Waals surface area contributed by atoms with E-state index in [0.29, 0.717) is 6.42 Å². The predicted octanol–water partition coefficient (Wildman–Crippen LogP) is 2.29. The number of carboxylic acids is 1. The Kier molecular flexibility index (Phi) is 6.15. The van der Waals surface area contributed by atoms with Gasteiger partial charge in [-0.1, -0.05) is 36.4 Å². The van der Waals surface area contributed by atoms with Crippen LogP contribution in [0.4, 0.5) is 4.79 Å². The molecule has 1 amide bonds. The summed E-state index contributed by atoms with van der Waals surface area (Å²) in [5, 5.41) is 8.74. The molecule has 0 saturated heterocycles. The maximum absolute atomic E-state index is 11.8. The van der Waals surface area contributed by atoms with Crippen molar-refractivity contribution in [1.82, 2.24) is 4.90 Å². The second kappa shape index (κ2) is 7.92. The minimum absolute atomic E-state index is 0.129. The number of carbonyl (C=O) groups is 2. The molecule has 0 unspecified atom stereocenters. The molecule has 1 aromatic carbocycles. The summed E-state index contributed by atoms with van der Waals surface area (Å²) in [6, 6.07) is 9.22. The molecule has 5 nitrogen and oxygen atoms in total. The molecule has 5 heteroatoms. The first-order chi connectivity index (χ1) is 9.13. The minimum Gasteiger partial charge on any atom is -0.480 e. The molecular formula is C14H17NO4. The summed E-state index contributed by atoms with van der Waals surface area (Å²) >= 11 is 0. The number of benzene rings is 1. The lowest BCUT2D eigenvalue weighted by molar-refractivity contribution is -0.138. The summed E-state index contributed by atoms with van der Waals surface area (Å²) < 4.78 is 5.08. The van der Waals surface area contributed by atoms with Crippen molar-refractivity contribution in [3.8, 4) is 0 Å². The molecule has 0 aliphatic heterocycles. The lowest BCUT2D eigenvalue weighted by atomic mass is 10.2. The van der Waals surface area contributed by atoms with Gasteiger partial charge in [0.1, 0.15) is 13.2 Å². The van der Waals surface area contributed by atoms with Crippen molar-refractivity contribution in [2.75, 3.05) is 13.1 Å². The average Bonchev–Trinajstić information content (AvgIpc) is 2.41. The molecule has 19 heavy (non-hydrogen) atoms. The molecule has 1 N–H and O–H groups in total. The Morgan fingerprint density at radius 3 is 2.58 bits per heavy atom. The average molecular weight is 263 g/mol. The Bertz CT molecular complexity index is 430. The third kappa shape index (κ3) is 5.72. The largest absolute Gasteiger partial charge is 0.480 e. The van der Waals surface area contributed by atoms with Crippen LogP contribution in [0.3, 0.4) is 0 Å². The van der Waals surface area contributed by atoms with Gasteiger partial charge in [0.05, 0.1) is 0 Å². The van der Waals surface area contributed by atoms with E-state index in [4.69, 9.17) is 9.84 Å². The maximum atomic E-state index is 11.8. The van der Waals surface area contributed by atoms with Crippen LogP contribution in [0.5, 0.6) is 0 Å². The van der Waals surface area contributed by atoms with Gasteiger partial charge in [0.25, 0.3) is 0 Å². The number of rotatable bonds is 7. The van der Waals surface area contributed by atoms with Crippen LogP contribution >= 0.6 is 0 Å². The first-order valence-electron chi connectivity index (χ1n) is 5.92. The van der Waals surface area contributed by atoms with Crippen molar-refractivity contribution in [3.05, 3.63) is 48.6 Å². The molecule has 0 bridgehead atoms. The smallest absolute Gasteiger partial charge is 0.410 e. The van der Waals surface area contributed by atoms with Gasteiger partial charge < -0.3 is 9.84 Å². The van der Waals surface area contributed by atoms with E-state index in [1.54, 1.807) is 6.08 Å². The lowest BCUT2D eigenvalue weighted by Crippen LogP contribution is -2.36. The van der Waals surface area contributed by atoms with E-state index in [1.165, 1.54) is 0 Å². The van der Waals surface area contributed by atoms with Crippen molar-refractivity contribution < 1.29 is 19.4 Å². The van der Waals surface area contributed by atoms with Crippen LogP contribution < -0.4 is 0 Å². The molecule has 1 rings (SSSR count). The van der Waals surface area contributed by atoms with E-state index in [-0.39, 0.29) is 19.7 Å². The zero-order valence-electron chi connectivity index (χ0n) is 10.6. The first-order valence-corrected chi connectivity index (χ1v) is 5.92. The van der Waals surface area contributed by atoms with Gasteiger partial charge in [0, 0.05) is 6.54 Å². The van der Waals surface area contributed by atoms with Gasteiger partial charge in [0.2, 0.25) is 0 Å². The van der Waals surface area contributed by atoms with Crippen molar-refractivity contribution in [1.29, 1.82) is 0 Å². The molecule has 0 fully saturated rings. The first kappa shape index (κ1) is 14.8. The summed E-state index contributed by atoms with van der Waals surface area (Å²) in [6.45, 7) is 3.57. The number of ether oxygens (including phenoxy) is 1. The van der Waals surface area contributed by atoms with Crippen LogP contribution in [0, 0.1) is 0 Å². The Morgan fingerprint density at radius 2 is 2.00 bits per heavy atom. The lowest BCUT2D eigenvalue weighted by Gasteiger charge is -2.19. The zero-order valence-corrected chi connectivity index (χ0v) is 10.6. The zero-order chi connectivity index (χ0) is 14.1. The van der Waals surface area contributed by atoms with Crippen LogP contribution in [-0.2, 0) is 16.1 Å². The fourth-order valence-electron chi connectivity index (χ4n) is 1.46. The number of aliphatic carboxylic acids is 1. The molecular weight excluding hydrogens is 246 g/mol. The number of hydrogen-bond acceptors (Lipinski definition) is 3. The normalized spacial score (nSPS) is 9.68. The van der Waals surface area contributed by atoms with E-state index in [2.05, 4.69) is 6.58 Å². The highest BCUT2D eigenvalue weighted by atomic mass is 16.6. The molecule has 0 saturated carbocycles. The molecule has 0 heterocycles. The summed E-state index contributed by atoms with van der Waals surface area (Å²) in [5.41, 5.74) is 0.856. The highest BCUT2D eigenvalue weighted by Gasteiger charge is 2.17. The third-order valence-corrected chi connectivity index (χ3v) is 2.39. The van der Waals surface area contributed by atoms with Crippen LogP contribution in [-0.4, -0.2) is 35.2 Å². The monoisotopic (exact) mass is 263 g/mol. The van der Waals surface area contributed by atoms with Crippen LogP contribution in [0.1, 0.15) is 12.0 Å². The van der Waals surface area contributed by atoms with Gasteiger partial charge in [-0.3, -0.25) is 9.69 Å². The highest BCUT2D eigenvalue weighted by molar-refractivity contribution is 5.76. The number of carbonyl (C=O) groups excluding carboxylic acids is 1. The van der Waals surface area contributed by atoms with Gasteiger partial charge in [-0.2, -0.15) is 0 Å². The SMILES string of the molecule is C=CCCN(CC(=O)O)C(=O)OCc1ccccc1. The Morgan fingerprint density at radius 1 is 1.32 bits per heavy atom. The molecule has 0 aromatic heterocycles. The molecule has 1 aromatic rings. The Balaban J connectivity index is 2.51. The van der Waals surface area contributed by atoms with Gasteiger partial charge in [-0.25, -0.2) is 4.79 Å². The minimum atomic E-state index is -1.07. The molecule has 102 valence electrons. The predicted molar refractivity (Wildman–Crippen MR) is 70.6 cm³/mol. The number of amides is 1. The van der Waals surface area contributed by atoms with Crippen molar-refractivity contribution >= 4 is 12.1 Å². The Hall–Kier alpha value is -2.30. The standard InChI is InChI=1S/C14H17NO4/c1-2-3-9-15(10-13(16)17)14(18)19-11-12-7-5-4-6-8-12/h2,4-8H,1,3,9-11H2,(H,16,17). The highest BCUT2D eigenvalue weighted by Crippen LogP contribution is 2.04. The van der Waals surface area contributed by atoms with Crippen LogP contribution in [0.2, 0.25) is 0 Å². The molecule has 0 aliphatic carbocycles. The van der Waals surface area contributed by atoms with E-state index in [9.17, 15) is 9.59 Å².